The number of rotatable bonds is 2. The number of hydrogen-bond donors (Lipinski definition) is 2. The lowest BCUT2D eigenvalue weighted by Crippen LogP contribution is -2.41. The average molecular weight is 253 g/mol. The first kappa shape index (κ1) is 8.66. The van der Waals surface area contributed by atoms with E-state index in [1.807, 2.05) is 5.01 Å². The molecule has 12 heavy (non-hydrogen) atoms. The second kappa shape index (κ2) is 3.44. The lowest BCUT2D eigenvalue weighted by atomic mass is 9.85. The molecule has 2 rings (SSSR count). The Bertz CT molecular complexity index is 215. The molecule has 0 atom stereocenters. The number of hydrazine groups is 2. The van der Waals surface area contributed by atoms with Crippen LogP contribution in [-0.4, -0.2) is 11.6 Å². The van der Waals surface area contributed by atoms with Crippen molar-refractivity contribution in [3.8, 4) is 0 Å². The van der Waals surface area contributed by atoms with Gasteiger partial charge in [0.1, 0.15) is 4.61 Å². The first-order valence-corrected chi connectivity index (χ1v) is 5.29. The van der Waals surface area contributed by atoms with Gasteiger partial charge in [-0.3, -0.25) is 10.4 Å². The van der Waals surface area contributed by atoms with E-state index in [9.17, 15) is 0 Å². The van der Waals surface area contributed by atoms with Crippen LogP contribution in [0.3, 0.4) is 0 Å². The van der Waals surface area contributed by atoms with Crippen molar-refractivity contribution in [3.63, 3.8) is 0 Å². The predicted molar refractivity (Wildman–Crippen MR) is 52.1 cm³/mol. The summed E-state index contributed by atoms with van der Waals surface area (Å²) >= 11 is 9.29. The molecule has 2 N–H and O–H groups in total. The van der Waals surface area contributed by atoms with Crippen molar-refractivity contribution in [3.05, 3.63) is 9.76 Å². The Balaban J connectivity index is 1.88. The van der Waals surface area contributed by atoms with Crippen molar-refractivity contribution in [2.24, 2.45) is 5.92 Å². The lowest BCUT2D eigenvalue weighted by Gasteiger charge is -2.30. The summed E-state index contributed by atoms with van der Waals surface area (Å²) in [5, 5.41) is 2.66. The quantitative estimate of drug-likeness (QED) is 0.735. The molecular formula is C7H11BrClN3. The maximum atomic E-state index is 5.99. The van der Waals surface area contributed by atoms with E-state index in [-0.39, 0.29) is 0 Å². The molecule has 0 aromatic heterocycles. The van der Waals surface area contributed by atoms with E-state index in [0.29, 0.717) is 0 Å². The molecule has 1 aliphatic heterocycles. The monoisotopic (exact) mass is 251 g/mol. The molecule has 0 spiro atoms. The molecule has 0 bridgehead atoms. The van der Waals surface area contributed by atoms with Gasteiger partial charge in [0, 0.05) is 6.54 Å². The number of nitrogens with one attached hydrogen (secondary N) is 2. The summed E-state index contributed by atoms with van der Waals surface area (Å²) in [6.45, 7) is 1.00. The molecule has 2 aliphatic rings. The molecule has 68 valence electrons. The molecule has 5 heteroatoms. The highest BCUT2D eigenvalue weighted by atomic mass is 79.9. The van der Waals surface area contributed by atoms with Crippen molar-refractivity contribution in [1.29, 1.82) is 0 Å². The molecule has 0 radical (unpaired) electrons. The Kier molecular flexibility index (Phi) is 2.48. The summed E-state index contributed by atoms with van der Waals surface area (Å²) < 4.78 is 0.823. The van der Waals surface area contributed by atoms with Gasteiger partial charge < -0.3 is 0 Å². The van der Waals surface area contributed by atoms with Crippen LogP contribution < -0.4 is 11.0 Å². The summed E-state index contributed by atoms with van der Waals surface area (Å²) in [5.41, 5.74) is 5.90. The van der Waals surface area contributed by atoms with Gasteiger partial charge >= 0.3 is 0 Å². The van der Waals surface area contributed by atoms with Gasteiger partial charge in [0.05, 0.1) is 0 Å². The third-order valence-corrected chi connectivity index (χ3v) is 3.58. The summed E-state index contributed by atoms with van der Waals surface area (Å²) in [4.78, 5) is 0. The highest BCUT2D eigenvalue weighted by molar-refractivity contribution is 9.11. The fraction of sp³-hybridized carbons (Fsp3) is 0.714. The van der Waals surface area contributed by atoms with Gasteiger partial charge in [0.2, 0.25) is 0 Å². The van der Waals surface area contributed by atoms with Crippen LogP contribution in [0.15, 0.2) is 9.76 Å². The normalized spacial score (nSPS) is 24.3. The van der Waals surface area contributed by atoms with Crippen molar-refractivity contribution >= 4 is 27.5 Å². The third-order valence-electron chi connectivity index (χ3n) is 2.38. The first-order valence-electron chi connectivity index (χ1n) is 4.12. The Labute approximate surface area is 85.2 Å². The second-order valence-corrected chi connectivity index (χ2v) is 4.40. The molecule has 1 heterocycles. The smallest absolute Gasteiger partial charge is 0.152 e. The summed E-state index contributed by atoms with van der Waals surface area (Å²) in [6, 6.07) is 0. The number of nitrogens with zero attached hydrogens (tertiary/aromatic N) is 1. The number of halogens is 2. The topological polar surface area (TPSA) is 27.3 Å². The number of hydrogen-bond acceptors (Lipinski definition) is 3. The zero-order valence-electron chi connectivity index (χ0n) is 6.61. The molecule has 0 aromatic carbocycles. The second-order valence-electron chi connectivity index (χ2n) is 3.25. The fourth-order valence-electron chi connectivity index (χ4n) is 1.40. The van der Waals surface area contributed by atoms with Gasteiger partial charge in [0.25, 0.3) is 0 Å². The van der Waals surface area contributed by atoms with E-state index in [0.717, 1.165) is 22.2 Å². The van der Waals surface area contributed by atoms with E-state index >= 15 is 0 Å². The Morgan fingerprint density at radius 2 is 2.33 bits per heavy atom. The zero-order valence-corrected chi connectivity index (χ0v) is 8.95. The van der Waals surface area contributed by atoms with Crippen LogP contribution in [0.25, 0.3) is 0 Å². The van der Waals surface area contributed by atoms with E-state index in [1.165, 1.54) is 19.3 Å². The van der Waals surface area contributed by atoms with Crippen LogP contribution in [0.2, 0.25) is 0 Å². The molecule has 0 aromatic rings. The standard InChI is InChI=1S/C7H11BrClN3/c8-6-7(9)12(11-10-6)4-5-2-1-3-5/h5,10-11H,1-4H2. The maximum Gasteiger partial charge on any atom is 0.152 e. The molecule has 1 saturated carbocycles. The van der Waals surface area contributed by atoms with Crippen LogP contribution in [0.4, 0.5) is 0 Å². The molecule has 0 unspecified atom stereocenters. The highest BCUT2D eigenvalue weighted by Gasteiger charge is 2.25. The minimum Gasteiger partial charge on any atom is -0.295 e. The molecule has 3 nitrogen and oxygen atoms in total. The highest BCUT2D eigenvalue weighted by Crippen LogP contribution is 2.30. The molecule has 0 amide bonds. The summed E-state index contributed by atoms with van der Waals surface area (Å²) in [5.74, 6) is 0.812. The van der Waals surface area contributed by atoms with Crippen molar-refractivity contribution in [2.45, 2.75) is 19.3 Å². The summed E-state index contributed by atoms with van der Waals surface area (Å²) in [7, 11) is 0. The molecule has 1 fully saturated rings. The Morgan fingerprint density at radius 1 is 1.58 bits per heavy atom. The van der Waals surface area contributed by atoms with Crippen LogP contribution in [0.5, 0.6) is 0 Å². The molecular weight excluding hydrogens is 241 g/mol. The maximum absolute atomic E-state index is 5.99. The van der Waals surface area contributed by atoms with E-state index < -0.39 is 0 Å². The van der Waals surface area contributed by atoms with E-state index in [4.69, 9.17) is 11.6 Å². The zero-order chi connectivity index (χ0) is 8.55. The minimum absolute atomic E-state index is 0.724. The van der Waals surface area contributed by atoms with Crippen LogP contribution in [0.1, 0.15) is 19.3 Å². The van der Waals surface area contributed by atoms with Gasteiger partial charge in [-0.1, -0.05) is 18.0 Å². The Hall–Kier alpha value is 0.0700. The van der Waals surface area contributed by atoms with Gasteiger partial charge in [-0.25, -0.2) is 0 Å². The SMILES string of the molecule is ClC1=C(Br)NNN1CC1CCC1. The third kappa shape index (κ3) is 1.56. The predicted octanol–water partition coefficient (Wildman–Crippen LogP) is 1.87. The Morgan fingerprint density at radius 3 is 2.75 bits per heavy atom. The van der Waals surface area contributed by atoms with Crippen molar-refractivity contribution in [2.75, 3.05) is 6.54 Å². The van der Waals surface area contributed by atoms with Gasteiger partial charge in [-0.05, 0) is 34.7 Å². The van der Waals surface area contributed by atoms with Gasteiger partial charge in [-0.2, -0.15) is 0 Å². The molecule has 0 saturated heterocycles. The molecule has 1 aliphatic carbocycles. The van der Waals surface area contributed by atoms with Crippen LogP contribution in [0, 0.1) is 5.92 Å². The van der Waals surface area contributed by atoms with Gasteiger partial charge in [0.15, 0.2) is 5.16 Å². The van der Waals surface area contributed by atoms with E-state index in [2.05, 4.69) is 26.9 Å². The van der Waals surface area contributed by atoms with E-state index in [1.54, 1.807) is 0 Å². The van der Waals surface area contributed by atoms with Crippen LogP contribution >= 0.6 is 27.5 Å². The van der Waals surface area contributed by atoms with Crippen molar-refractivity contribution < 1.29 is 0 Å². The van der Waals surface area contributed by atoms with Gasteiger partial charge in [-0.15, -0.1) is 5.53 Å². The average Bonchev–Trinajstić information content (AvgIpc) is 2.27. The first-order chi connectivity index (χ1) is 5.77. The minimum atomic E-state index is 0.724. The van der Waals surface area contributed by atoms with Crippen LogP contribution in [-0.2, 0) is 0 Å². The largest absolute Gasteiger partial charge is 0.295 e. The fourth-order valence-corrected chi connectivity index (χ4v) is 1.86. The summed E-state index contributed by atoms with van der Waals surface area (Å²) in [6.07, 6.45) is 4.04. The lowest BCUT2D eigenvalue weighted by molar-refractivity contribution is 0.174. The van der Waals surface area contributed by atoms with Crippen molar-refractivity contribution in [1.82, 2.24) is 16.0 Å².